The molecule has 2 N–H and O–H groups in total. The molecule has 3 rings (SSSR count). The summed E-state index contributed by atoms with van der Waals surface area (Å²) in [5.41, 5.74) is 0.682. The molecule has 2 heterocycles. The van der Waals surface area contributed by atoms with E-state index in [-0.39, 0.29) is 5.75 Å². The Morgan fingerprint density at radius 3 is 2.62 bits per heavy atom. The molecule has 0 aliphatic rings. The molecular weight excluding hydrogens is 348 g/mol. The van der Waals surface area contributed by atoms with Crippen molar-refractivity contribution < 1.29 is 14.6 Å². The number of nitrogens with zero attached hydrogens (tertiary/aromatic N) is 3. The minimum absolute atomic E-state index is 0.0589. The molecule has 0 radical (unpaired) electrons. The first-order chi connectivity index (χ1) is 11.6. The third-order valence-corrected chi connectivity index (χ3v) is 4.35. The van der Waals surface area contributed by atoms with Crippen molar-refractivity contribution in [1.82, 2.24) is 14.9 Å². The number of hydrogen-bond acceptors (Lipinski definition) is 7. The first kappa shape index (κ1) is 16.2. The minimum Gasteiger partial charge on any atom is -0.502 e. The maximum atomic E-state index is 9.95. The van der Waals surface area contributed by atoms with E-state index in [4.69, 9.17) is 21.7 Å². The van der Waals surface area contributed by atoms with Crippen molar-refractivity contribution >= 4 is 29.8 Å². The topological polar surface area (TPSA) is 84.7 Å². The molecule has 124 valence electrons. The Labute approximate surface area is 146 Å². The standard InChI is InChI=1S/C15H14N4O3S2/c1-21-10-6-9(7-11(22-2)13(10)20)8-16-19-14(17-18-15(19)23)12-4-3-5-24-12/h3-8,20H,1-2H3,(H,18,23)/b16-8-. The van der Waals surface area contributed by atoms with E-state index in [1.165, 1.54) is 18.9 Å². The monoisotopic (exact) mass is 362 g/mol. The number of hydrogen-bond donors (Lipinski definition) is 2. The summed E-state index contributed by atoms with van der Waals surface area (Å²) < 4.78 is 12.2. The second-order valence-electron chi connectivity index (χ2n) is 4.66. The number of H-pyrrole nitrogens is 1. The fraction of sp³-hybridized carbons (Fsp3) is 0.133. The summed E-state index contributed by atoms with van der Waals surface area (Å²) in [5.74, 6) is 1.16. The molecule has 0 unspecified atom stereocenters. The zero-order chi connectivity index (χ0) is 17.1. The maximum absolute atomic E-state index is 9.95. The molecule has 0 saturated carbocycles. The first-order valence-electron chi connectivity index (χ1n) is 6.84. The molecule has 0 saturated heterocycles. The van der Waals surface area contributed by atoms with E-state index in [2.05, 4.69) is 15.3 Å². The molecule has 0 aliphatic heterocycles. The number of phenols is 1. The van der Waals surface area contributed by atoms with E-state index in [9.17, 15) is 5.11 Å². The van der Waals surface area contributed by atoms with Crippen molar-refractivity contribution in [3.8, 4) is 28.0 Å². The third kappa shape index (κ3) is 3.03. The number of aromatic nitrogens is 3. The number of thiophene rings is 1. The first-order valence-corrected chi connectivity index (χ1v) is 8.13. The number of aromatic hydroxyl groups is 1. The molecule has 3 aromatic rings. The smallest absolute Gasteiger partial charge is 0.216 e. The summed E-state index contributed by atoms with van der Waals surface area (Å²) in [6.45, 7) is 0. The summed E-state index contributed by atoms with van der Waals surface area (Å²) in [4.78, 5) is 0.945. The second kappa shape index (κ2) is 6.85. The van der Waals surface area contributed by atoms with Crippen molar-refractivity contribution in [2.24, 2.45) is 5.10 Å². The molecule has 0 atom stereocenters. The van der Waals surface area contributed by atoms with E-state index >= 15 is 0 Å². The van der Waals surface area contributed by atoms with Crippen molar-refractivity contribution in [3.63, 3.8) is 0 Å². The number of methoxy groups -OCH3 is 2. The Hall–Kier alpha value is -2.65. The van der Waals surface area contributed by atoms with E-state index in [0.717, 1.165) is 4.88 Å². The summed E-state index contributed by atoms with van der Waals surface area (Å²) in [5, 5.41) is 23.2. The number of rotatable bonds is 5. The lowest BCUT2D eigenvalue weighted by Crippen LogP contribution is -1.96. The van der Waals surface area contributed by atoms with Crippen LogP contribution in [0.25, 0.3) is 10.7 Å². The zero-order valence-corrected chi connectivity index (χ0v) is 14.5. The summed E-state index contributed by atoms with van der Waals surface area (Å²) in [6.07, 6.45) is 1.59. The Morgan fingerprint density at radius 2 is 2.04 bits per heavy atom. The fourth-order valence-corrected chi connectivity index (χ4v) is 2.95. The van der Waals surface area contributed by atoms with E-state index in [0.29, 0.717) is 27.7 Å². The number of aromatic amines is 1. The van der Waals surface area contributed by atoms with Gasteiger partial charge >= 0.3 is 0 Å². The van der Waals surface area contributed by atoms with Gasteiger partial charge in [-0.3, -0.25) is 0 Å². The van der Waals surface area contributed by atoms with Gasteiger partial charge in [-0.2, -0.15) is 14.9 Å². The second-order valence-corrected chi connectivity index (χ2v) is 5.99. The van der Waals surface area contributed by atoms with Crippen molar-refractivity contribution in [3.05, 3.63) is 40.0 Å². The van der Waals surface area contributed by atoms with Gasteiger partial charge in [0.05, 0.1) is 25.3 Å². The normalized spacial score (nSPS) is 11.1. The molecule has 7 nitrogen and oxygen atoms in total. The van der Waals surface area contributed by atoms with Crippen LogP contribution in [0.3, 0.4) is 0 Å². The van der Waals surface area contributed by atoms with Crippen molar-refractivity contribution in [2.45, 2.75) is 0 Å². The predicted molar refractivity (Wildman–Crippen MR) is 94.9 cm³/mol. The SMILES string of the molecule is COc1cc(/C=N\n2c(-c3cccs3)n[nH]c2=S)cc(OC)c1O. The lowest BCUT2D eigenvalue weighted by Gasteiger charge is -2.09. The highest BCUT2D eigenvalue weighted by atomic mass is 32.1. The van der Waals surface area contributed by atoms with Gasteiger partial charge in [0, 0.05) is 5.56 Å². The van der Waals surface area contributed by atoms with E-state index in [1.54, 1.807) is 29.7 Å². The van der Waals surface area contributed by atoms with Gasteiger partial charge in [0.15, 0.2) is 17.3 Å². The van der Waals surface area contributed by atoms with Crippen LogP contribution in [0, 0.1) is 4.77 Å². The third-order valence-electron chi connectivity index (χ3n) is 3.22. The number of nitrogens with one attached hydrogen (secondary N) is 1. The van der Waals surface area contributed by atoms with Crippen LogP contribution in [0.2, 0.25) is 0 Å². The van der Waals surface area contributed by atoms with Crippen LogP contribution in [0.15, 0.2) is 34.7 Å². The van der Waals surface area contributed by atoms with Crippen LogP contribution in [-0.4, -0.2) is 40.4 Å². The minimum atomic E-state index is -0.0589. The number of benzene rings is 1. The van der Waals surface area contributed by atoms with Gasteiger partial charge in [-0.1, -0.05) is 6.07 Å². The highest BCUT2D eigenvalue weighted by molar-refractivity contribution is 7.71. The Balaban J connectivity index is 2.01. The zero-order valence-electron chi connectivity index (χ0n) is 12.9. The van der Waals surface area contributed by atoms with Gasteiger partial charge in [0.25, 0.3) is 0 Å². The van der Waals surface area contributed by atoms with Gasteiger partial charge in [-0.05, 0) is 35.8 Å². The van der Waals surface area contributed by atoms with Gasteiger partial charge < -0.3 is 14.6 Å². The lowest BCUT2D eigenvalue weighted by atomic mass is 10.2. The van der Waals surface area contributed by atoms with Crippen LogP contribution in [0.1, 0.15) is 5.56 Å². The number of ether oxygens (including phenoxy) is 2. The average molecular weight is 362 g/mol. The van der Waals surface area contributed by atoms with Crippen LogP contribution >= 0.6 is 23.6 Å². The molecule has 0 spiro atoms. The summed E-state index contributed by atoms with van der Waals surface area (Å²) in [7, 11) is 2.94. The largest absolute Gasteiger partial charge is 0.502 e. The predicted octanol–water partition coefficient (Wildman–Crippen LogP) is 3.27. The van der Waals surface area contributed by atoms with Crippen molar-refractivity contribution in [2.75, 3.05) is 14.2 Å². The molecule has 2 aromatic heterocycles. The average Bonchev–Trinajstić information content (AvgIpc) is 3.23. The van der Waals surface area contributed by atoms with Crippen LogP contribution < -0.4 is 9.47 Å². The molecule has 24 heavy (non-hydrogen) atoms. The maximum Gasteiger partial charge on any atom is 0.216 e. The van der Waals surface area contributed by atoms with Crippen molar-refractivity contribution in [1.29, 1.82) is 0 Å². The Bertz CT molecular complexity index is 904. The molecule has 0 fully saturated rings. The molecule has 0 amide bonds. The van der Waals surface area contributed by atoms with Crippen LogP contribution in [0.4, 0.5) is 0 Å². The van der Waals surface area contributed by atoms with Gasteiger partial charge in [-0.25, -0.2) is 5.10 Å². The van der Waals surface area contributed by atoms with Crippen LogP contribution in [0.5, 0.6) is 17.2 Å². The molecule has 0 bridgehead atoms. The van der Waals surface area contributed by atoms with Gasteiger partial charge in [0.1, 0.15) is 0 Å². The Morgan fingerprint density at radius 1 is 1.33 bits per heavy atom. The fourth-order valence-electron chi connectivity index (χ4n) is 2.08. The van der Waals surface area contributed by atoms with Gasteiger partial charge in [-0.15, -0.1) is 11.3 Å². The molecule has 9 heteroatoms. The quantitative estimate of drug-likeness (QED) is 0.537. The van der Waals surface area contributed by atoms with Crippen LogP contribution in [-0.2, 0) is 0 Å². The van der Waals surface area contributed by atoms with E-state index < -0.39 is 0 Å². The van der Waals surface area contributed by atoms with Gasteiger partial charge in [0.2, 0.25) is 10.5 Å². The highest BCUT2D eigenvalue weighted by Gasteiger charge is 2.11. The lowest BCUT2D eigenvalue weighted by molar-refractivity contribution is 0.340. The summed E-state index contributed by atoms with van der Waals surface area (Å²) in [6, 6.07) is 7.17. The molecule has 1 aromatic carbocycles. The molecule has 0 aliphatic carbocycles. The Kier molecular flexibility index (Phi) is 4.63. The molecular formula is C15H14N4O3S2. The summed E-state index contributed by atoms with van der Waals surface area (Å²) >= 11 is 6.77. The number of phenolic OH excluding ortho intramolecular Hbond substituents is 1. The van der Waals surface area contributed by atoms with E-state index in [1.807, 2.05) is 17.5 Å². The highest BCUT2D eigenvalue weighted by Crippen LogP contribution is 2.36.